The highest BCUT2D eigenvalue weighted by Crippen LogP contribution is 2.33. The second-order valence-electron chi connectivity index (χ2n) is 9.09. The first kappa shape index (κ1) is 21.8. The molecule has 4 aromatic rings. The quantitative estimate of drug-likeness (QED) is 0.375. The van der Waals surface area contributed by atoms with Crippen molar-refractivity contribution >= 4 is 11.0 Å². The summed E-state index contributed by atoms with van der Waals surface area (Å²) >= 11 is 0. The van der Waals surface area contributed by atoms with Crippen LogP contribution in [0.1, 0.15) is 30.4 Å². The topological polar surface area (TPSA) is 45.4 Å². The summed E-state index contributed by atoms with van der Waals surface area (Å²) in [4.78, 5) is 13.6. The van der Waals surface area contributed by atoms with E-state index in [0.717, 1.165) is 69.0 Å². The Labute approximate surface area is 196 Å². The lowest BCUT2D eigenvalue weighted by atomic mass is 10.0. The Balaban J connectivity index is 1.16. The fourth-order valence-electron chi connectivity index (χ4n) is 4.95. The van der Waals surface area contributed by atoms with E-state index < -0.39 is 0 Å². The van der Waals surface area contributed by atoms with Gasteiger partial charge in [0.25, 0.3) is 0 Å². The minimum Gasteiger partial charge on any atom is -0.456 e. The van der Waals surface area contributed by atoms with Gasteiger partial charge in [-0.3, -0.25) is 0 Å². The zero-order valence-electron chi connectivity index (χ0n) is 19.4. The first-order valence-electron chi connectivity index (χ1n) is 12.0. The summed E-state index contributed by atoms with van der Waals surface area (Å²) in [6, 6.07) is 19.2. The third-order valence-electron chi connectivity index (χ3n) is 6.79. The maximum Gasteiger partial charge on any atom is 0.141 e. The molecule has 5 rings (SSSR count). The minimum absolute atomic E-state index is 0.576. The van der Waals surface area contributed by atoms with Gasteiger partial charge in [-0.25, -0.2) is 9.97 Å². The lowest BCUT2D eigenvalue weighted by molar-refractivity contribution is 0.127. The summed E-state index contributed by atoms with van der Waals surface area (Å²) in [6.45, 7) is 9.19. The smallest absolute Gasteiger partial charge is 0.141 e. The van der Waals surface area contributed by atoms with Crippen molar-refractivity contribution in [3.63, 3.8) is 0 Å². The average Bonchev–Trinajstić information content (AvgIpc) is 3.25. The van der Waals surface area contributed by atoms with Crippen LogP contribution >= 0.6 is 0 Å². The SMILES string of the molecule is CC(CN1CCN(CCCc2c(-c3cncnc3)oc3ccccc23)CC1)c1ccccc1. The second kappa shape index (κ2) is 10.3. The number of piperazine rings is 1. The Morgan fingerprint density at radius 2 is 1.58 bits per heavy atom. The van der Waals surface area contributed by atoms with Gasteiger partial charge >= 0.3 is 0 Å². The van der Waals surface area contributed by atoms with Crippen molar-refractivity contribution in [2.45, 2.75) is 25.7 Å². The predicted octanol–water partition coefficient (Wildman–Crippen LogP) is 5.24. The lowest BCUT2D eigenvalue weighted by Gasteiger charge is -2.36. The van der Waals surface area contributed by atoms with E-state index in [4.69, 9.17) is 4.42 Å². The van der Waals surface area contributed by atoms with E-state index in [0.29, 0.717) is 5.92 Å². The summed E-state index contributed by atoms with van der Waals surface area (Å²) in [5.74, 6) is 1.49. The van der Waals surface area contributed by atoms with Gasteiger partial charge < -0.3 is 14.2 Å². The van der Waals surface area contributed by atoms with Crippen molar-refractivity contribution in [1.29, 1.82) is 0 Å². The molecule has 0 aliphatic carbocycles. The molecule has 5 nitrogen and oxygen atoms in total. The number of hydrogen-bond donors (Lipinski definition) is 0. The number of hydrogen-bond acceptors (Lipinski definition) is 5. The van der Waals surface area contributed by atoms with E-state index in [1.165, 1.54) is 16.5 Å². The molecule has 0 spiro atoms. The molecule has 5 heteroatoms. The largest absolute Gasteiger partial charge is 0.456 e. The van der Waals surface area contributed by atoms with Crippen LogP contribution in [0.25, 0.3) is 22.3 Å². The third kappa shape index (κ3) is 5.15. The van der Waals surface area contributed by atoms with Crippen LogP contribution in [-0.2, 0) is 6.42 Å². The molecule has 1 atom stereocenters. The summed E-state index contributed by atoms with van der Waals surface area (Å²) in [5, 5.41) is 1.20. The minimum atomic E-state index is 0.576. The number of nitrogens with zero attached hydrogens (tertiary/aromatic N) is 4. The molecule has 1 aliphatic rings. The number of fused-ring (bicyclic) bond motifs is 1. The van der Waals surface area contributed by atoms with Crippen molar-refractivity contribution in [3.8, 4) is 11.3 Å². The van der Waals surface area contributed by atoms with E-state index in [2.05, 4.69) is 69.2 Å². The predicted molar refractivity (Wildman–Crippen MR) is 133 cm³/mol. The standard InChI is InChI=1S/C28H32N4O/c1-22(23-8-3-2-4-9-23)20-32-16-14-31(15-17-32)13-7-11-26-25-10-5-6-12-27(25)33-28(26)24-18-29-21-30-19-24/h2-6,8-10,12,18-19,21-22H,7,11,13-17,20H2,1H3. The summed E-state index contributed by atoms with van der Waals surface area (Å²) < 4.78 is 6.21. The molecular formula is C28H32N4O. The van der Waals surface area contributed by atoms with Crippen molar-refractivity contribution in [2.75, 3.05) is 39.3 Å². The van der Waals surface area contributed by atoms with Crippen LogP contribution < -0.4 is 0 Å². The molecule has 1 fully saturated rings. The van der Waals surface area contributed by atoms with E-state index >= 15 is 0 Å². The molecule has 2 aromatic heterocycles. The number of aryl methyl sites for hydroxylation is 1. The van der Waals surface area contributed by atoms with Gasteiger partial charge in [0.1, 0.15) is 17.7 Å². The highest BCUT2D eigenvalue weighted by Gasteiger charge is 2.20. The van der Waals surface area contributed by atoms with Gasteiger partial charge in [-0.2, -0.15) is 0 Å². The molecule has 3 heterocycles. The van der Waals surface area contributed by atoms with Crippen molar-refractivity contribution < 1.29 is 4.42 Å². The number of rotatable bonds is 8. The maximum absolute atomic E-state index is 6.21. The molecule has 33 heavy (non-hydrogen) atoms. The first-order chi connectivity index (χ1) is 16.3. The Bertz CT molecular complexity index is 1150. The van der Waals surface area contributed by atoms with Gasteiger partial charge in [0.2, 0.25) is 0 Å². The van der Waals surface area contributed by atoms with Crippen molar-refractivity contribution in [1.82, 2.24) is 19.8 Å². The molecule has 0 saturated carbocycles. The van der Waals surface area contributed by atoms with Crippen LogP contribution in [-0.4, -0.2) is 59.0 Å². The van der Waals surface area contributed by atoms with Crippen LogP contribution in [0.15, 0.2) is 77.7 Å². The highest BCUT2D eigenvalue weighted by molar-refractivity contribution is 5.87. The Kier molecular flexibility index (Phi) is 6.79. The molecule has 2 aromatic carbocycles. The fourth-order valence-corrected chi connectivity index (χ4v) is 4.95. The van der Waals surface area contributed by atoms with Crippen LogP contribution in [0.4, 0.5) is 0 Å². The van der Waals surface area contributed by atoms with E-state index in [1.54, 1.807) is 6.33 Å². The van der Waals surface area contributed by atoms with E-state index in [9.17, 15) is 0 Å². The van der Waals surface area contributed by atoms with Gasteiger partial charge in [0.05, 0.1) is 5.56 Å². The zero-order valence-corrected chi connectivity index (χ0v) is 19.4. The number of aromatic nitrogens is 2. The molecular weight excluding hydrogens is 408 g/mol. The molecule has 170 valence electrons. The van der Waals surface area contributed by atoms with Crippen LogP contribution in [0.5, 0.6) is 0 Å². The molecule has 0 N–H and O–H groups in total. The van der Waals surface area contributed by atoms with E-state index in [-0.39, 0.29) is 0 Å². The maximum atomic E-state index is 6.21. The lowest BCUT2D eigenvalue weighted by Crippen LogP contribution is -2.47. The van der Waals surface area contributed by atoms with Crippen molar-refractivity contribution in [3.05, 3.63) is 84.4 Å². The first-order valence-corrected chi connectivity index (χ1v) is 12.0. The van der Waals surface area contributed by atoms with Crippen molar-refractivity contribution in [2.24, 2.45) is 0 Å². The molecule has 0 bridgehead atoms. The molecule has 1 unspecified atom stereocenters. The molecule has 1 saturated heterocycles. The van der Waals surface area contributed by atoms with Gasteiger partial charge in [-0.1, -0.05) is 55.5 Å². The molecule has 0 radical (unpaired) electrons. The second-order valence-corrected chi connectivity index (χ2v) is 9.09. The Morgan fingerprint density at radius 3 is 2.36 bits per heavy atom. The van der Waals surface area contributed by atoms with E-state index in [1.807, 2.05) is 24.5 Å². The molecule has 1 aliphatic heterocycles. The van der Waals surface area contributed by atoms with Gasteiger partial charge in [-0.05, 0) is 36.9 Å². The summed E-state index contributed by atoms with van der Waals surface area (Å²) in [5.41, 5.74) is 4.60. The zero-order chi connectivity index (χ0) is 22.5. The number of furan rings is 1. The summed E-state index contributed by atoms with van der Waals surface area (Å²) in [7, 11) is 0. The van der Waals surface area contributed by atoms with Gasteiger partial charge in [-0.15, -0.1) is 0 Å². The Hall–Kier alpha value is -3.02. The normalized spacial score (nSPS) is 16.3. The highest BCUT2D eigenvalue weighted by atomic mass is 16.3. The fraction of sp³-hybridized carbons (Fsp3) is 0.357. The number of para-hydroxylation sites is 1. The van der Waals surface area contributed by atoms with Gasteiger partial charge in [0, 0.05) is 56.1 Å². The van der Waals surface area contributed by atoms with Crippen LogP contribution in [0, 0.1) is 0 Å². The van der Waals surface area contributed by atoms with Gasteiger partial charge in [0.15, 0.2) is 0 Å². The molecule has 0 amide bonds. The third-order valence-corrected chi connectivity index (χ3v) is 6.79. The summed E-state index contributed by atoms with van der Waals surface area (Å²) in [6.07, 6.45) is 7.34. The monoisotopic (exact) mass is 440 g/mol. The van der Waals surface area contributed by atoms with Crippen LogP contribution in [0.3, 0.4) is 0 Å². The number of benzene rings is 2. The van der Waals surface area contributed by atoms with Crippen LogP contribution in [0.2, 0.25) is 0 Å². The Morgan fingerprint density at radius 1 is 0.879 bits per heavy atom. The average molecular weight is 441 g/mol.